The number of carbonyl (C=O) groups excluding carboxylic acids is 2. The molecular weight excluding hydrogens is 240 g/mol. The summed E-state index contributed by atoms with van der Waals surface area (Å²) >= 11 is 0. The van der Waals surface area contributed by atoms with Gasteiger partial charge in [0.05, 0.1) is 0 Å². The molecule has 4 nitrogen and oxygen atoms in total. The highest BCUT2D eigenvalue weighted by Crippen LogP contribution is 2.07. The van der Waals surface area contributed by atoms with Crippen molar-refractivity contribution in [3.63, 3.8) is 0 Å². The van der Waals surface area contributed by atoms with Crippen molar-refractivity contribution in [2.45, 2.75) is 19.3 Å². The van der Waals surface area contributed by atoms with Crippen molar-refractivity contribution in [2.24, 2.45) is 0 Å². The quantitative estimate of drug-likeness (QED) is 0.744. The Balaban J connectivity index is 1.81. The molecule has 2 rings (SSSR count). The molecule has 2 aromatic rings. The van der Waals surface area contributed by atoms with Crippen LogP contribution >= 0.6 is 0 Å². The minimum Gasteiger partial charge on any atom is -0.292 e. The highest BCUT2D eigenvalue weighted by Gasteiger charge is 2.10. The van der Waals surface area contributed by atoms with E-state index in [0.717, 1.165) is 0 Å². The second kappa shape index (κ2) is 6.54. The Labute approximate surface area is 111 Å². The molecule has 0 atom stereocenters. The van der Waals surface area contributed by atoms with Crippen molar-refractivity contribution in [3.05, 3.63) is 60.2 Å². The summed E-state index contributed by atoms with van der Waals surface area (Å²) in [6.45, 7) is 0. The fourth-order valence-electron chi connectivity index (χ4n) is 1.72. The van der Waals surface area contributed by atoms with Crippen LogP contribution in [0.5, 0.6) is 0 Å². The van der Waals surface area contributed by atoms with Crippen LogP contribution in [0.3, 0.4) is 0 Å². The van der Waals surface area contributed by atoms with E-state index < -0.39 is 0 Å². The summed E-state index contributed by atoms with van der Waals surface area (Å²) in [5.41, 5.74) is 0.903. The van der Waals surface area contributed by atoms with Crippen LogP contribution in [-0.4, -0.2) is 21.5 Å². The molecule has 2 heterocycles. The predicted octanol–water partition coefficient (Wildman–Crippen LogP) is 2.71. The average molecular weight is 254 g/mol. The van der Waals surface area contributed by atoms with Crippen molar-refractivity contribution >= 4 is 11.6 Å². The Kier molecular flexibility index (Phi) is 4.50. The monoisotopic (exact) mass is 254 g/mol. The lowest BCUT2D eigenvalue weighted by molar-refractivity contribution is 0.0952. The van der Waals surface area contributed by atoms with Crippen molar-refractivity contribution in [2.75, 3.05) is 0 Å². The Hall–Kier alpha value is -2.36. The van der Waals surface area contributed by atoms with E-state index in [1.54, 1.807) is 48.8 Å². The molecule has 0 unspecified atom stereocenters. The Bertz CT molecular complexity index is 501. The second-order valence-electron chi connectivity index (χ2n) is 4.13. The van der Waals surface area contributed by atoms with Gasteiger partial charge in [0.15, 0.2) is 11.6 Å². The zero-order valence-electron chi connectivity index (χ0n) is 10.5. The van der Waals surface area contributed by atoms with Gasteiger partial charge in [-0.25, -0.2) is 0 Å². The normalized spacial score (nSPS) is 10.1. The molecule has 0 radical (unpaired) electrons. The molecule has 0 aliphatic rings. The molecular formula is C15H14N2O2. The van der Waals surface area contributed by atoms with Crippen molar-refractivity contribution < 1.29 is 9.59 Å². The predicted molar refractivity (Wildman–Crippen MR) is 71.0 cm³/mol. The molecule has 0 fully saturated rings. The minimum absolute atomic E-state index is 0.0329. The number of carbonyl (C=O) groups is 2. The molecule has 0 aliphatic heterocycles. The zero-order chi connectivity index (χ0) is 13.5. The molecule has 0 aromatic carbocycles. The van der Waals surface area contributed by atoms with E-state index >= 15 is 0 Å². The summed E-state index contributed by atoms with van der Waals surface area (Å²) in [6.07, 6.45) is 4.36. The number of aromatic nitrogens is 2. The molecule has 4 heteroatoms. The smallest absolute Gasteiger partial charge is 0.181 e. The fraction of sp³-hybridized carbons (Fsp3) is 0.200. The van der Waals surface area contributed by atoms with E-state index in [0.29, 0.717) is 30.7 Å². The lowest BCUT2D eigenvalue weighted by Gasteiger charge is -2.00. The number of rotatable bonds is 6. The summed E-state index contributed by atoms with van der Waals surface area (Å²) in [6, 6.07) is 10.5. The molecule has 0 bridgehead atoms. The number of pyridine rings is 2. The molecule has 0 amide bonds. The standard InChI is InChI=1S/C15H14N2O2/c18-14(12-6-1-3-10-16-12)8-5-9-15(19)13-7-2-4-11-17-13/h1-4,6-7,10-11H,5,8-9H2. The van der Waals surface area contributed by atoms with Gasteiger partial charge in [-0.2, -0.15) is 0 Å². The van der Waals surface area contributed by atoms with Gasteiger partial charge in [0.1, 0.15) is 11.4 Å². The van der Waals surface area contributed by atoms with Crippen LogP contribution in [0.15, 0.2) is 48.8 Å². The Morgan fingerprint density at radius 3 is 1.63 bits per heavy atom. The molecule has 19 heavy (non-hydrogen) atoms. The van der Waals surface area contributed by atoms with Gasteiger partial charge in [-0.1, -0.05) is 12.1 Å². The van der Waals surface area contributed by atoms with Crippen LogP contribution in [-0.2, 0) is 0 Å². The first-order valence-electron chi connectivity index (χ1n) is 6.16. The maximum atomic E-state index is 11.8. The number of ketones is 2. The van der Waals surface area contributed by atoms with Crippen LogP contribution in [0.25, 0.3) is 0 Å². The number of hydrogen-bond donors (Lipinski definition) is 0. The van der Waals surface area contributed by atoms with Crippen molar-refractivity contribution in [3.8, 4) is 0 Å². The summed E-state index contributed by atoms with van der Waals surface area (Å²) in [5.74, 6) is -0.0659. The summed E-state index contributed by atoms with van der Waals surface area (Å²) < 4.78 is 0. The molecule has 0 aliphatic carbocycles. The molecule has 0 N–H and O–H groups in total. The van der Waals surface area contributed by atoms with E-state index in [4.69, 9.17) is 0 Å². The fourth-order valence-corrected chi connectivity index (χ4v) is 1.72. The highest BCUT2D eigenvalue weighted by molar-refractivity contribution is 5.96. The Morgan fingerprint density at radius 1 is 0.789 bits per heavy atom. The lowest BCUT2D eigenvalue weighted by Crippen LogP contribution is -2.05. The first kappa shape index (κ1) is 13.1. The van der Waals surface area contributed by atoms with E-state index in [2.05, 4.69) is 9.97 Å². The minimum atomic E-state index is -0.0329. The van der Waals surface area contributed by atoms with E-state index in [1.165, 1.54) is 0 Å². The second-order valence-corrected chi connectivity index (χ2v) is 4.13. The van der Waals surface area contributed by atoms with Gasteiger partial charge >= 0.3 is 0 Å². The first-order valence-corrected chi connectivity index (χ1v) is 6.16. The van der Waals surface area contributed by atoms with Crippen LogP contribution < -0.4 is 0 Å². The van der Waals surface area contributed by atoms with Crippen LogP contribution in [0.2, 0.25) is 0 Å². The average Bonchev–Trinajstić information content (AvgIpc) is 2.49. The zero-order valence-corrected chi connectivity index (χ0v) is 10.5. The summed E-state index contributed by atoms with van der Waals surface area (Å²) in [4.78, 5) is 31.5. The maximum Gasteiger partial charge on any atom is 0.181 e. The van der Waals surface area contributed by atoms with Gasteiger partial charge in [0, 0.05) is 25.2 Å². The number of hydrogen-bond acceptors (Lipinski definition) is 4. The Morgan fingerprint density at radius 2 is 1.26 bits per heavy atom. The number of nitrogens with zero attached hydrogens (tertiary/aromatic N) is 2. The highest BCUT2D eigenvalue weighted by atomic mass is 16.1. The molecule has 0 spiro atoms. The van der Waals surface area contributed by atoms with Crippen LogP contribution in [0.4, 0.5) is 0 Å². The SMILES string of the molecule is O=C(CCCC(=O)c1ccccn1)c1ccccn1. The van der Waals surface area contributed by atoms with E-state index in [1.807, 2.05) is 0 Å². The van der Waals surface area contributed by atoms with Gasteiger partial charge < -0.3 is 0 Å². The van der Waals surface area contributed by atoms with Crippen LogP contribution in [0, 0.1) is 0 Å². The van der Waals surface area contributed by atoms with E-state index in [9.17, 15) is 9.59 Å². The molecule has 0 saturated heterocycles. The van der Waals surface area contributed by atoms with Crippen molar-refractivity contribution in [1.29, 1.82) is 0 Å². The summed E-state index contributed by atoms with van der Waals surface area (Å²) in [5, 5.41) is 0. The largest absolute Gasteiger partial charge is 0.292 e. The van der Waals surface area contributed by atoms with Gasteiger partial charge in [-0.15, -0.1) is 0 Å². The third kappa shape index (κ3) is 3.81. The first-order chi connectivity index (χ1) is 9.27. The summed E-state index contributed by atoms with van der Waals surface area (Å²) in [7, 11) is 0. The third-order valence-electron chi connectivity index (χ3n) is 2.71. The topological polar surface area (TPSA) is 59.9 Å². The maximum absolute atomic E-state index is 11.8. The molecule has 96 valence electrons. The van der Waals surface area contributed by atoms with Crippen LogP contribution in [0.1, 0.15) is 40.2 Å². The molecule has 0 saturated carbocycles. The van der Waals surface area contributed by atoms with Gasteiger partial charge in [0.25, 0.3) is 0 Å². The van der Waals surface area contributed by atoms with Crippen molar-refractivity contribution in [1.82, 2.24) is 9.97 Å². The third-order valence-corrected chi connectivity index (χ3v) is 2.71. The van der Waals surface area contributed by atoms with E-state index in [-0.39, 0.29) is 11.6 Å². The molecule has 2 aromatic heterocycles. The van der Waals surface area contributed by atoms with Gasteiger partial charge in [-0.3, -0.25) is 19.6 Å². The van der Waals surface area contributed by atoms with Gasteiger partial charge in [0.2, 0.25) is 0 Å². The number of Topliss-reactive ketones (excluding diaryl/α,β-unsaturated/α-hetero) is 2. The lowest BCUT2D eigenvalue weighted by atomic mass is 10.1. The van der Waals surface area contributed by atoms with Gasteiger partial charge in [-0.05, 0) is 30.7 Å².